The third kappa shape index (κ3) is 5.91. The van der Waals surface area contributed by atoms with Crippen molar-refractivity contribution >= 4 is 0 Å². The molecule has 0 aromatic carbocycles. The third-order valence-corrected chi connectivity index (χ3v) is 10.3. The van der Waals surface area contributed by atoms with Crippen LogP contribution in [-0.2, 0) is 0 Å². The van der Waals surface area contributed by atoms with E-state index in [1.807, 2.05) is 34.6 Å². The summed E-state index contributed by atoms with van der Waals surface area (Å²) in [6.45, 7) is 17.4. The summed E-state index contributed by atoms with van der Waals surface area (Å²) in [5.41, 5.74) is 2.01. The molecule has 4 aliphatic carbocycles. The first-order chi connectivity index (χ1) is 15.7. The van der Waals surface area contributed by atoms with Crippen molar-refractivity contribution in [2.75, 3.05) is 0 Å². The van der Waals surface area contributed by atoms with E-state index in [9.17, 15) is 10.2 Å². The second-order valence-corrected chi connectivity index (χ2v) is 12.1. The third-order valence-electron chi connectivity index (χ3n) is 10.3. The van der Waals surface area contributed by atoms with Crippen LogP contribution in [0.3, 0.4) is 0 Å². The van der Waals surface area contributed by atoms with Gasteiger partial charge in [0.05, 0.1) is 11.7 Å². The van der Waals surface area contributed by atoms with E-state index < -0.39 is 5.60 Å². The Morgan fingerprint density at radius 1 is 0.970 bits per heavy atom. The Bertz CT molecular complexity index is 622. The summed E-state index contributed by atoms with van der Waals surface area (Å²) in [5, 5.41) is 20.8. The smallest absolute Gasteiger partial charge is 0.0619 e. The van der Waals surface area contributed by atoms with Crippen molar-refractivity contribution in [3.63, 3.8) is 0 Å². The first kappa shape index (κ1) is 28.9. The summed E-state index contributed by atoms with van der Waals surface area (Å²) in [7, 11) is 0. The molecule has 0 aromatic rings. The van der Waals surface area contributed by atoms with Gasteiger partial charge in [0, 0.05) is 0 Å². The van der Waals surface area contributed by atoms with Crippen LogP contribution >= 0.6 is 0 Å². The molecule has 3 saturated carbocycles. The van der Waals surface area contributed by atoms with Crippen molar-refractivity contribution in [3.05, 3.63) is 11.6 Å². The van der Waals surface area contributed by atoms with E-state index >= 15 is 0 Å². The molecule has 2 nitrogen and oxygen atoms in total. The van der Waals surface area contributed by atoms with Crippen molar-refractivity contribution in [2.45, 2.75) is 151 Å². The Kier molecular flexibility index (Phi) is 10.6. The fourth-order valence-corrected chi connectivity index (χ4v) is 8.62. The second kappa shape index (κ2) is 12.1. The lowest BCUT2D eigenvalue weighted by Crippen LogP contribution is -2.50. The van der Waals surface area contributed by atoms with Crippen molar-refractivity contribution in [1.82, 2.24) is 0 Å². The predicted octanol–water partition coefficient (Wildman–Crippen LogP) is 8.70. The maximum absolute atomic E-state index is 10.6. The summed E-state index contributed by atoms with van der Waals surface area (Å²) in [6, 6.07) is 0. The Balaban J connectivity index is 0.000000914. The molecule has 2 N–H and O–H groups in total. The lowest BCUT2D eigenvalue weighted by Gasteiger charge is -2.58. The molecule has 0 aliphatic heterocycles. The van der Waals surface area contributed by atoms with E-state index in [0.717, 1.165) is 55.8 Å². The van der Waals surface area contributed by atoms with Gasteiger partial charge in [0.2, 0.25) is 0 Å². The number of allylic oxidation sites excluding steroid dienone is 1. The number of aliphatic hydroxyl groups excluding tert-OH is 1. The number of fused-ring (bicyclic) bond motifs is 5. The maximum Gasteiger partial charge on any atom is 0.0619 e. The second-order valence-electron chi connectivity index (χ2n) is 12.1. The van der Waals surface area contributed by atoms with Crippen LogP contribution in [0.15, 0.2) is 11.6 Å². The zero-order valence-corrected chi connectivity index (χ0v) is 23.6. The van der Waals surface area contributed by atoms with E-state index in [4.69, 9.17) is 0 Å². The zero-order chi connectivity index (χ0) is 24.9. The summed E-state index contributed by atoms with van der Waals surface area (Å²) >= 11 is 0. The Labute approximate surface area is 207 Å². The molecule has 0 spiro atoms. The van der Waals surface area contributed by atoms with Crippen LogP contribution in [0.5, 0.6) is 0 Å². The van der Waals surface area contributed by atoms with Crippen molar-refractivity contribution in [3.8, 4) is 0 Å². The van der Waals surface area contributed by atoms with Gasteiger partial charge in [-0.2, -0.15) is 0 Å². The lowest BCUT2D eigenvalue weighted by atomic mass is 9.47. The van der Waals surface area contributed by atoms with Gasteiger partial charge in [-0.05, 0) is 112 Å². The molecule has 0 heterocycles. The molecule has 4 aliphatic rings. The number of hydrogen-bond donors (Lipinski definition) is 2. The molecule has 0 aromatic heterocycles. The normalized spacial score (nSPS) is 41.0. The molecule has 4 rings (SSSR count). The Hall–Kier alpha value is -0.340. The molecule has 8 atom stereocenters. The molecule has 0 amide bonds. The van der Waals surface area contributed by atoms with E-state index in [1.54, 1.807) is 5.57 Å². The molecular formula is C31H58O2. The summed E-state index contributed by atoms with van der Waals surface area (Å²) in [6.07, 6.45) is 18.0. The number of rotatable bonds is 6. The van der Waals surface area contributed by atoms with Crippen LogP contribution in [0.2, 0.25) is 0 Å². The van der Waals surface area contributed by atoms with Crippen LogP contribution in [0.4, 0.5) is 0 Å². The molecule has 0 bridgehead atoms. The number of hydrogen-bond acceptors (Lipinski definition) is 2. The summed E-state index contributed by atoms with van der Waals surface area (Å²) in [4.78, 5) is 0. The Morgan fingerprint density at radius 2 is 1.67 bits per heavy atom. The minimum Gasteiger partial charge on any atom is -0.393 e. The van der Waals surface area contributed by atoms with Crippen LogP contribution in [0, 0.1) is 34.5 Å². The van der Waals surface area contributed by atoms with E-state index in [1.165, 1.54) is 51.4 Å². The van der Waals surface area contributed by atoms with Gasteiger partial charge in [0.15, 0.2) is 0 Å². The summed E-state index contributed by atoms with van der Waals surface area (Å²) < 4.78 is 0. The first-order valence-corrected chi connectivity index (χ1v) is 14.8. The highest BCUT2D eigenvalue weighted by atomic mass is 16.3. The maximum atomic E-state index is 10.6. The van der Waals surface area contributed by atoms with Gasteiger partial charge >= 0.3 is 0 Å². The minimum atomic E-state index is -0.462. The van der Waals surface area contributed by atoms with Gasteiger partial charge in [0.1, 0.15) is 0 Å². The largest absolute Gasteiger partial charge is 0.393 e. The average Bonchev–Trinajstić information content (AvgIpc) is 3.13. The molecule has 0 radical (unpaired) electrons. The van der Waals surface area contributed by atoms with Crippen LogP contribution < -0.4 is 0 Å². The first-order valence-electron chi connectivity index (χ1n) is 14.8. The highest BCUT2D eigenvalue weighted by molar-refractivity contribution is 5.25. The van der Waals surface area contributed by atoms with Gasteiger partial charge in [-0.25, -0.2) is 0 Å². The quantitative estimate of drug-likeness (QED) is 0.387. The fourth-order valence-electron chi connectivity index (χ4n) is 8.62. The molecule has 3 fully saturated rings. The van der Waals surface area contributed by atoms with Crippen molar-refractivity contribution in [2.24, 2.45) is 34.5 Å². The standard InChI is InChI=1S/C27H46O2.2C2H6/c1-5-14-25(2,29)15-6-7-19-9-11-23-22-10-8-20-18-21(28)12-16-27(20,4)24(22)13-17-26(19,23)3;2*1-2/h8,19,21-24,28-29H,5-7,9-18H2,1-4H3;2*1-2H3. The highest BCUT2D eigenvalue weighted by Gasteiger charge is 2.58. The molecular weight excluding hydrogens is 404 g/mol. The van der Waals surface area contributed by atoms with Gasteiger partial charge in [-0.15, -0.1) is 0 Å². The Morgan fingerprint density at radius 3 is 2.33 bits per heavy atom. The van der Waals surface area contributed by atoms with E-state index in [2.05, 4.69) is 26.8 Å². The van der Waals surface area contributed by atoms with Gasteiger partial charge in [-0.3, -0.25) is 0 Å². The van der Waals surface area contributed by atoms with Gasteiger partial charge < -0.3 is 10.2 Å². The van der Waals surface area contributed by atoms with Crippen LogP contribution in [-0.4, -0.2) is 21.9 Å². The topological polar surface area (TPSA) is 40.5 Å². The minimum absolute atomic E-state index is 0.0967. The monoisotopic (exact) mass is 462 g/mol. The number of aliphatic hydroxyl groups is 2. The SMILES string of the molecule is CC.CC.CCCC(C)(O)CCCC1CCC2C3CC=C4CC(O)CCC4(C)C3CCC12C. The van der Waals surface area contributed by atoms with E-state index in [0.29, 0.717) is 10.8 Å². The fraction of sp³-hybridized carbons (Fsp3) is 0.935. The molecule has 8 unspecified atom stereocenters. The van der Waals surface area contributed by atoms with Crippen molar-refractivity contribution in [1.29, 1.82) is 0 Å². The average molecular weight is 463 g/mol. The van der Waals surface area contributed by atoms with Crippen LogP contribution in [0.1, 0.15) is 139 Å². The highest BCUT2D eigenvalue weighted by Crippen LogP contribution is 2.66. The molecule has 0 saturated heterocycles. The van der Waals surface area contributed by atoms with E-state index in [-0.39, 0.29) is 6.10 Å². The lowest BCUT2D eigenvalue weighted by molar-refractivity contribution is -0.0517. The van der Waals surface area contributed by atoms with Crippen LogP contribution in [0.25, 0.3) is 0 Å². The zero-order valence-electron chi connectivity index (χ0n) is 23.6. The molecule has 33 heavy (non-hydrogen) atoms. The molecule has 194 valence electrons. The van der Waals surface area contributed by atoms with Crippen molar-refractivity contribution < 1.29 is 10.2 Å². The van der Waals surface area contributed by atoms with Gasteiger partial charge in [-0.1, -0.05) is 73.0 Å². The molecule has 2 heteroatoms. The van der Waals surface area contributed by atoms with Gasteiger partial charge in [0.25, 0.3) is 0 Å². The summed E-state index contributed by atoms with van der Waals surface area (Å²) in [5.74, 6) is 3.46. The predicted molar refractivity (Wildman–Crippen MR) is 143 cm³/mol.